The van der Waals surface area contributed by atoms with Gasteiger partial charge in [-0.3, -0.25) is 5.32 Å². The van der Waals surface area contributed by atoms with Crippen molar-refractivity contribution in [2.24, 2.45) is 0 Å². The van der Waals surface area contributed by atoms with Gasteiger partial charge in [0, 0.05) is 23.3 Å². The number of hydrogen-bond donors (Lipinski definition) is 2. The van der Waals surface area contributed by atoms with Crippen LogP contribution in [0.4, 0.5) is 10.6 Å². The highest BCUT2D eigenvalue weighted by Crippen LogP contribution is 2.28. The number of nitrogens with one attached hydrogen (secondary N) is 2. The molecule has 1 amide bonds. The first kappa shape index (κ1) is 16.3. The average Bonchev–Trinajstić information content (AvgIpc) is 2.88. The van der Waals surface area contributed by atoms with Gasteiger partial charge in [-0.1, -0.05) is 17.7 Å². The number of H-pyrrole nitrogens is 1. The molecule has 3 aromatic rings. The van der Waals surface area contributed by atoms with Gasteiger partial charge in [0.1, 0.15) is 17.1 Å². The lowest BCUT2D eigenvalue weighted by Crippen LogP contribution is -2.27. The molecule has 0 unspecified atom stereocenters. The number of ether oxygens (including phenoxy) is 1. The van der Waals surface area contributed by atoms with E-state index in [1.54, 1.807) is 33.0 Å². The van der Waals surface area contributed by atoms with Gasteiger partial charge >= 0.3 is 6.09 Å². The Labute approximate surface area is 144 Å². The molecule has 6 nitrogen and oxygen atoms in total. The Bertz CT molecular complexity index is 899. The van der Waals surface area contributed by atoms with Crippen molar-refractivity contribution in [2.75, 3.05) is 5.32 Å². The maximum Gasteiger partial charge on any atom is 0.413 e. The van der Waals surface area contributed by atoms with Gasteiger partial charge in [0.05, 0.1) is 10.7 Å². The van der Waals surface area contributed by atoms with Crippen LogP contribution in [0.3, 0.4) is 0 Å². The number of aromatic nitrogens is 3. The fourth-order valence-corrected chi connectivity index (χ4v) is 2.41. The third-order valence-electron chi connectivity index (χ3n) is 3.15. The van der Waals surface area contributed by atoms with Crippen LogP contribution < -0.4 is 5.32 Å². The van der Waals surface area contributed by atoms with Crippen LogP contribution in [0, 0.1) is 0 Å². The minimum Gasteiger partial charge on any atom is -0.444 e. The van der Waals surface area contributed by atoms with E-state index in [4.69, 9.17) is 16.3 Å². The first-order valence-corrected chi connectivity index (χ1v) is 7.80. The van der Waals surface area contributed by atoms with Gasteiger partial charge in [-0.05, 0) is 39.0 Å². The van der Waals surface area contributed by atoms with Crippen molar-refractivity contribution in [2.45, 2.75) is 26.4 Å². The molecule has 3 rings (SSSR count). The second-order valence-electron chi connectivity index (χ2n) is 6.29. The van der Waals surface area contributed by atoms with Crippen LogP contribution in [0.25, 0.3) is 22.3 Å². The predicted octanol–water partition coefficient (Wildman–Crippen LogP) is 4.63. The van der Waals surface area contributed by atoms with Crippen molar-refractivity contribution >= 4 is 34.5 Å². The Morgan fingerprint density at radius 2 is 2.12 bits per heavy atom. The molecule has 2 N–H and O–H groups in total. The Morgan fingerprint density at radius 1 is 1.33 bits per heavy atom. The second-order valence-corrected chi connectivity index (χ2v) is 6.72. The van der Waals surface area contributed by atoms with Crippen LogP contribution in [0.2, 0.25) is 5.02 Å². The fraction of sp³-hybridized carbons (Fsp3) is 0.235. The highest BCUT2D eigenvalue weighted by Gasteiger charge is 2.17. The molecule has 3 heterocycles. The molecule has 7 heteroatoms. The summed E-state index contributed by atoms with van der Waals surface area (Å²) in [5.74, 6) is 0.408. The maximum atomic E-state index is 11.9. The largest absolute Gasteiger partial charge is 0.444 e. The number of carbonyl (C=O) groups is 1. The van der Waals surface area contributed by atoms with Crippen molar-refractivity contribution in [3.05, 3.63) is 41.7 Å². The van der Waals surface area contributed by atoms with Crippen LogP contribution in [0.15, 0.2) is 36.7 Å². The van der Waals surface area contributed by atoms with Crippen LogP contribution in [-0.2, 0) is 4.74 Å². The summed E-state index contributed by atoms with van der Waals surface area (Å²) in [7, 11) is 0. The third-order valence-corrected chi connectivity index (χ3v) is 3.36. The number of fused-ring (bicyclic) bond motifs is 1. The lowest BCUT2D eigenvalue weighted by atomic mass is 10.1. The van der Waals surface area contributed by atoms with Crippen LogP contribution in [0.1, 0.15) is 20.8 Å². The van der Waals surface area contributed by atoms with E-state index in [-0.39, 0.29) is 0 Å². The van der Waals surface area contributed by atoms with Gasteiger partial charge in [-0.25, -0.2) is 14.8 Å². The van der Waals surface area contributed by atoms with E-state index < -0.39 is 11.7 Å². The van der Waals surface area contributed by atoms with E-state index in [1.165, 1.54) is 0 Å². The van der Waals surface area contributed by atoms with Gasteiger partial charge in [0.2, 0.25) is 0 Å². The number of amides is 1. The summed E-state index contributed by atoms with van der Waals surface area (Å²) in [6.45, 7) is 5.41. The quantitative estimate of drug-likeness (QED) is 0.710. The van der Waals surface area contributed by atoms with Crippen molar-refractivity contribution in [3.8, 4) is 11.3 Å². The summed E-state index contributed by atoms with van der Waals surface area (Å²) < 4.78 is 5.23. The van der Waals surface area contributed by atoms with Crippen molar-refractivity contribution in [1.29, 1.82) is 0 Å². The van der Waals surface area contributed by atoms with Gasteiger partial charge in [-0.15, -0.1) is 0 Å². The molecule has 0 radical (unpaired) electrons. The number of hydrogen-bond acceptors (Lipinski definition) is 4. The zero-order chi connectivity index (χ0) is 17.3. The smallest absolute Gasteiger partial charge is 0.413 e. The predicted molar refractivity (Wildman–Crippen MR) is 94.2 cm³/mol. The zero-order valence-corrected chi connectivity index (χ0v) is 14.3. The topological polar surface area (TPSA) is 79.9 Å². The van der Waals surface area contributed by atoms with E-state index >= 15 is 0 Å². The lowest BCUT2D eigenvalue weighted by molar-refractivity contribution is 0.0635. The van der Waals surface area contributed by atoms with Gasteiger partial charge in [0.15, 0.2) is 0 Å². The van der Waals surface area contributed by atoms with Crippen LogP contribution in [-0.4, -0.2) is 26.6 Å². The van der Waals surface area contributed by atoms with Crippen LogP contribution >= 0.6 is 11.6 Å². The Morgan fingerprint density at radius 3 is 2.88 bits per heavy atom. The van der Waals surface area contributed by atoms with Crippen LogP contribution in [0.5, 0.6) is 0 Å². The fourth-order valence-electron chi connectivity index (χ4n) is 2.25. The number of halogens is 1. The normalized spacial score (nSPS) is 11.5. The lowest BCUT2D eigenvalue weighted by Gasteiger charge is -2.19. The molecule has 3 aromatic heterocycles. The zero-order valence-electron chi connectivity index (χ0n) is 13.6. The van der Waals surface area contributed by atoms with Gasteiger partial charge in [0.25, 0.3) is 0 Å². The summed E-state index contributed by atoms with van der Waals surface area (Å²) in [4.78, 5) is 23.7. The number of aromatic amines is 1. The molecule has 0 aliphatic rings. The summed E-state index contributed by atoms with van der Waals surface area (Å²) in [5.41, 5.74) is 1.70. The standard InChI is InChI=1S/C17H17ClN4O2/c1-17(2,3)24-16(23)22-14-6-4-5-13(21-14)12-9-20-15-11(12)7-10(18)8-19-15/h4-9H,1-3H3,(H,19,20)(H,21,22,23). The Balaban J connectivity index is 1.90. The maximum absolute atomic E-state index is 11.9. The summed E-state index contributed by atoms with van der Waals surface area (Å²) >= 11 is 6.03. The van der Waals surface area contributed by atoms with E-state index in [1.807, 2.05) is 24.4 Å². The first-order chi connectivity index (χ1) is 11.3. The highest BCUT2D eigenvalue weighted by atomic mass is 35.5. The third kappa shape index (κ3) is 3.65. The van der Waals surface area contributed by atoms with Crippen molar-refractivity contribution in [3.63, 3.8) is 0 Å². The van der Waals surface area contributed by atoms with Gasteiger partial charge < -0.3 is 9.72 Å². The van der Waals surface area contributed by atoms with Gasteiger partial charge in [-0.2, -0.15) is 0 Å². The SMILES string of the molecule is CC(C)(C)OC(=O)Nc1cccc(-c2c[nH]c3ncc(Cl)cc23)n1. The summed E-state index contributed by atoms with van der Waals surface area (Å²) in [5, 5.41) is 4.05. The number of rotatable bonds is 2. The molecule has 0 aromatic carbocycles. The Kier molecular flexibility index (Phi) is 4.15. The summed E-state index contributed by atoms with van der Waals surface area (Å²) in [6.07, 6.45) is 2.85. The molecule has 0 saturated carbocycles. The Hall–Kier alpha value is -2.60. The second kappa shape index (κ2) is 6.13. The van der Waals surface area contributed by atoms with E-state index in [0.717, 1.165) is 16.6 Å². The van der Waals surface area contributed by atoms with Crippen molar-refractivity contribution in [1.82, 2.24) is 15.0 Å². The molecule has 0 saturated heterocycles. The first-order valence-electron chi connectivity index (χ1n) is 7.42. The molecule has 0 atom stereocenters. The minimum atomic E-state index is -0.568. The monoisotopic (exact) mass is 344 g/mol. The molecular weight excluding hydrogens is 328 g/mol. The number of anilines is 1. The van der Waals surface area contributed by atoms with Crippen molar-refractivity contribution < 1.29 is 9.53 Å². The molecule has 0 bridgehead atoms. The number of pyridine rings is 2. The molecule has 0 spiro atoms. The molecule has 24 heavy (non-hydrogen) atoms. The minimum absolute atomic E-state index is 0.408. The molecule has 0 aliphatic heterocycles. The number of carbonyl (C=O) groups excluding carboxylic acids is 1. The molecule has 0 aliphatic carbocycles. The van der Waals surface area contributed by atoms with E-state index in [9.17, 15) is 4.79 Å². The molecule has 124 valence electrons. The molecule has 0 fully saturated rings. The summed E-state index contributed by atoms with van der Waals surface area (Å²) in [6, 6.07) is 7.19. The number of nitrogens with zero attached hydrogens (tertiary/aromatic N) is 2. The molecular formula is C17H17ClN4O2. The van der Waals surface area contributed by atoms with E-state index in [0.29, 0.717) is 16.5 Å². The highest BCUT2D eigenvalue weighted by molar-refractivity contribution is 6.31. The average molecular weight is 345 g/mol. The van der Waals surface area contributed by atoms with E-state index in [2.05, 4.69) is 20.3 Å².